The third-order valence-electron chi connectivity index (χ3n) is 5.64. The van der Waals surface area contributed by atoms with E-state index in [9.17, 15) is 4.79 Å². The minimum atomic E-state index is 0.333. The van der Waals surface area contributed by atoms with Crippen LogP contribution in [0.3, 0.4) is 0 Å². The molecule has 2 aliphatic heterocycles. The molecule has 1 saturated heterocycles. The Labute approximate surface area is 143 Å². The fourth-order valence-corrected chi connectivity index (χ4v) is 4.52. The summed E-state index contributed by atoms with van der Waals surface area (Å²) in [6.45, 7) is 8.48. The van der Waals surface area contributed by atoms with Crippen LogP contribution in [0.5, 0.6) is 0 Å². The Morgan fingerprint density at radius 2 is 2.00 bits per heavy atom. The highest BCUT2D eigenvalue weighted by Crippen LogP contribution is 2.38. The molecule has 1 N–H and O–H groups in total. The molecular formula is C20H27N3O. The van der Waals surface area contributed by atoms with Gasteiger partial charge >= 0.3 is 0 Å². The Kier molecular flexibility index (Phi) is 4.09. The van der Waals surface area contributed by atoms with Crippen LogP contribution < -0.4 is 0 Å². The summed E-state index contributed by atoms with van der Waals surface area (Å²) in [7, 11) is 0. The molecule has 1 unspecified atom stereocenters. The van der Waals surface area contributed by atoms with Gasteiger partial charge in [-0.15, -0.1) is 0 Å². The zero-order chi connectivity index (χ0) is 16.7. The van der Waals surface area contributed by atoms with Crippen LogP contribution in [0.25, 0.3) is 10.9 Å². The molecule has 1 aromatic carbocycles. The lowest BCUT2D eigenvalue weighted by molar-refractivity contribution is -0.128. The van der Waals surface area contributed by atoms with Crippen molar-refractivity contribution in [2.45, 2.75) is 39.2 Å². The Morgan fingerprint density at radius 1 is 1.17 bits per heavy atom. The fraction of sp³-hybridized carbons (Fsp3) is 0.550. The van der Waals surface area contributed by atoms with Gasteiger partial charge in [0.15, 0.2) is 0 Å². The van der Waals surface area contributed by atoms with Gasteiger partial charge in [-0.05, 0) is 30.4 Å². The number of para-hydroxylation sites is 1. The SMILES string of the molecule is CC(C)C1c2[nH]c3ccccc3c2CCN1CCN1CCCC1=O. The quantitative estimate of drug-likeness (QED) is 0.936. The monoisotopic (exact) mass is 325 g/mol. The van der Waals surface area contributed by atoms with Crippen molar-refractivity contribution >= 4 is 16.8 Å². The van der Waals surface area contributed by atoms with Crippen LogP contribution in [0.15, 0.2) is 24.3 Å². The summed E-state index contributed by atoms with van der Waals surface area (Å²) in [5.74, 6) is 0.880. The van der Waals surface area contributed by atoms with Crippen molar-refractivity contribution in [3.05, 3.63) is 35.5 Å². The molecule has 3 heterocycles. The summed E-state index contributed by atoms with van der Waals surface area (Å²) in [4.78, 5) is 20.2. The van der Waals surface area contributed by atoms with E-state index in [1.165, 1.54) is 22.2 Å². The zero-order valence-corrected chi connectivity index (χ0v) is 14.7. The number of rotatable bonds is 4. The van der Waals surface area contributed by atoms with Gasteiger partial charge < -0.3 is 9.88 Å². The molecule has 128 valence electrons. The molecule has 0 bridgehead atoms. The van der Waals surface area contributed by atoms with Crippen LogP contribution in [-0.4, -0.2) is 46.9 Å². The summed E-state index contributed by atoms with van der Waals surface area (Å²) < 4.78 is 0. The lowest BCUT2D eigenvalue weighted by Crippen LogP contribution is -2.43. The van der Waals surface area contributed by atoms with Gasteiger partial charge in [0.05, 0.1) is 6.04 Å². The predicted octanol–water partition coefficient (Wildman–Crippen LogP) is 3.35. The van der Waals surface area contributed by atoms with Crippen LogP contribution in [-0.2, 0) is 11.2 Å². The summed E-state index contributed by atoms with van der Waals surface area (Å²) in [6, 6.07) is 9.06. The fourth-order valence-electron chi connectivity index (χ4n) is 4.52. The maximum atomic E-state index is 11.9. The van der Waals surface area contributed by atoms with Gasteiger partial charge in [-0.25, -0.2) is 0 Å². The number of benzene rings is 1. The Morgan fingerprint density at radius 3 is 2.75 bits per heavy atom. The molecule has 2 aliphatic rings. The van der Waals surface area contributed by atoms with Crippen LogP contribution in [0, 0.1) is 5.92 Å². The summed E-state index contributed by atoms with van der Waals surface area (Å²) in [5.41, 5.74) is 4.15. The van der Waals surface area contributed by atoms with Gasteiger partial charge in [-0.3, -0.25) is 9.69 Å². The molecule has 1 fully saturated rings. The van der Waals surface area contributed by atoms with E-state index in [0.717, 1.165) is 45.4 Å². The molecule has 1 atom stereocenters. The zero-order valence-electron chi connectivity index (χ0n) is 14.7. The van der Waals surface area contributed by atoms with E-state index in [1.807, 2.05) is 4.90 Å². The highest BCUT2D eigenvalue weighted by atomic mass is 16.2. The molecule has 1 aromatic heterocycles. The number of fused-ring (bicyclic) bond motifs is 3. The first-order valence-corrected chi connectivity index (χ1v) is 9.26. The number of amides is 1. The minimum Gasteiger partial charge on any atom is -0.357 e. The molecule has 4 heteroatoms. The lowest BCUT2D eigenvalue weighted by atomic mass is 9.90. The standard InChI is InChI=1S/C20H27N3O/c1-14(2)20-19-16(15-6-3-4-7-17(15)21-19)9-11-23(20)13-12-22-10-5-8-18(22)24/h3-4,6-7,14,20-21H,5,8-13H2,1-2H3. The minimum absolute atomic E-state index is 0.333. The van der Waals surface area contributed by atoms with E-state index in [-0.39, 0.29) is 0 Å². The first kappa shape index (κ1) is 15.7. The number of aromatic amines is 1. The van der Waals surface area contributed by atoms with Crippen molar-refractivity contribution in [1.82, 2.24) is 14.8 Å². The van der Waals surface area contributed by atoms with Crippen molar-refractivity contribution in [3.63, 3.8) is 0 Å². The second kappa shape index (κ2) is 6.25. The predicted molar refractivity (Wildman–Crippen MR) is 97.0 cm³/mol. The van der Waals surface area contributed by atoms with E-state index in [1.54, 1.807) is 0 Å². The number of carbonyl (C=O) groups is 1. The summed E-state index contributed by atoms with van der Waals surface area (Å²) in [5, 5.41) is 1.38. The maximum Gasteiger partial charge on any atom is 0.222 e. The van der Waals surface area contributed by atoms with Gasteiger partial charge in [0, 0.05) is 49.2 Å². The van der Waals surface area contributed by atoms with E-state index in [4.69, 9.17) is 0 Å². The second-order valence-electron chi connectivity index (χ2n) is 7.52. The third-order valence-corrected chi connectivity index (χ3v) is 5.64. The molecule has 24 heavy (non-hydrogen) atoms. The third kappa shape index (κ3) is 2.63. The number of hydrogen-bond donors (Lipinski definition) is 1. The molecule has 4 nitrogen and oxygen atoms in total. The van der Waals surface area contributed by atoms with Crippen molar-refractivity contribution in [3.8, 4) is 0 Å². The molecule has 0 saturated carbocycles. The van der Waals surface area contributed by atoms with Crippen LogP contribution in [0.2, 0.25) is 0 Å². The normalized spacial score (nSPS) is 21.9. The van der Waals surface area contributed by atoms with E-state index >= 15 is 0 Å². The van der Waals surface area contributed by atoms with Gasteiger partial charge in [-0.1, -0.05) is 32.0 Å². The smallest absolute Gasteiger partial charge is 0.222 e. The van der Waals surface area contributed by atoms with Crippen molar-refractivity contribution in [1.29, 1.82) is 0 Å². The Balaban J connectivity index is 1.59. The number of nitrogens with zero attached hydrogens (tertiary/aromatic N) is 2. The number of H-pyrrole nitrogens is 1. The van der Waals surface area contributed by atoms with E-state index in [2.05, 4.69) is 48.0 Å². The molecule has 0 radical (unpaired) electrons. The number of carbonyl (C=O) groups excluding carboxylic acids is 1. The van der Waals surface area contributed by atoms with Crippen LogP contribution in [0.4, 0.5) is 0 Å². The largest absolute Gasteiger partial charge is 0.357 e. The van der Waals surface area contributed by atoms with Gasteiger partial charge in [0.25, 0.3) is 0 Å². The number of hydrogen-bond acceptors (Lipinski definition) is 2. The van der Waals surface area contributed by atoms with Crippen molar-refractivity contribution in [2.75, 3.05) is 26.2 Å². The Bertz CT molecular complexity index is 748. The number of nitrogens with one attached hydrogen (secondary N) is 1. The molecular weight excluding hydrogens is 298 g/mol. The molecule has 2 aromatic rings. The van der Waals surface area contributed by atoms with Gasteiger partial charge in [0.1, 0.15) is 0 Å². The first-order chi connectivity index (χ1) is 11.6. The molecule has 4 rings (SSSR count). The second-order valence-corrected chi connectivity index (χ2v) is 7.52. The van der Waals surface area contributed by atoms with Crippen LogP contribution in [0.1, 0.15) is 44.0 Å². The first-order valence-electron chi connectivity index (χ1n) is 9.26. The average molecular weight is 325 g/mol. The highest BCUT2D eigenvalue weighted by Gasteiger charge is 2.33. The molecule has 0 aliphatic carbocycles. The van der Waals surface area contributed by atoms with E-state index < -0.39 is 0 Å². The summed E-state index contributed by atoms with van der Waals surface area (Å²) in [6.07, 6.45) is 2.86. The lowest BCUT2D eigenvalue weighted by Gasteiger charge is -2.39. The maximum absolute atomic E-state index is 11.9. The van der Waals surface area contributed by atoms with Crippen LogP contribution >= 0.6 is 0 Å². The molecule has 1 amide bonds. The number of aromatic nitrogens is 1. The van der Waals surface area contributed by atoms with Crippen molar-refractivity contribution in [2.24, 2.45) is 5.92 Å². The Hall–Kier alpha value is -1.81. The van der Waals surface area contributed by atoms with Crippen molar-refractivity contribution < 1.29 is 4.79 Å². The number of likely N-dealkylation sites (tertiary alicyclic amines) is 1. The summed E-state index contributed by atoms with van der Waals surface area (Å²) >= 11 is 0. The topological polar surface area (TPSA) is 39.3 Å². The molecule has 0 spiro atoms. The highest BCUT2D eigenvalue weighted by molar-refractivity contribution is 5.85. The van der Waals surface area contributed by atoms with Gasteiger partial charge in [0.2, 0.25) is 5.91 Å². The van der Waals surface area contributed by atoms with E-state index in [0.29, 0.717) is 17.9 Å². The van der Waals surface area contributed by atoms with Gasteiger partial charge in [-0.2, -0.15) is 0 Å². The average Bonchev–Trinajstić information content (AvgIpc) is 3.15.